The Labute approximate surface area is 180 Å². The van der Waals surface area contributed by atoms with E-state index in [0.717, 1.165) is 17.7 Å². The van der Waals surface area contributed by atoms with Gasteiger partial charge in [0.15, 0.2) is 5.82 Å². The minimum Gasteiger partial charge on any atom is -0.335 e. The first-order chi connectivity index (χ1) is 14.0. The standard InChI is InChI=1S/C19H18ClN5O2S2/c20-13-8-6-12(7-9-13)17(26)24-10-2-1-4-15(18(24)27)29-19-23-22-16(25(19)21)14-5-3-11-28-14/h3,5-9,11,15H,1-2,4,10,21H2. The highest BCUT2D eigenvalue weighted by Gasteiger charge is 2.33. The van der Waals surface area contributed by atoms with E-state index in [-0.39, 0.29) is 11.8 Å². The SMILES string of the molecule is Nn1c(SC2CCCCN(C(=O)c3ccc(Cl)cc3)C2=O)nnc1-c1cccs1. The lowest BCUT2D eigenvalue weighted by Gasteiger charge is -2.22. The third-order valence-electron chi connectivity index (χ3n) is 4.63. The van der Waals surface area contributed by atoms with E-state index in [1.54, 1.807) is 24.3 Å². The predicted molar refractivity (Wildman–Crippen MR) is 114 cm³/mol. The number of halogens is 1. The van der Waals surface area contributed by atoms with Gasteiger partial charge >= 0.3 is 0 Å². The number of imide groups is 1. The lowest BCUT2D eigenvalue weighted by atomic mass is 10.2. The number of hydrogen-bond acceptors (Lipinski definition) is 7. The second-order valence-electron chi connectivity index (χ2n) is 6.56. The van der Waals surface area contributed by atoms with Crippen molar-refractivity contribution in [3.63, 3.8) is 0 Å². The molecule has 0 aliphatic carbocycles. The van der Waals surface area contributed by atoms with Gasteiger partial charge in [-0.25, -0.2) is 4.68 Å². The highest BCUT2D eigenvalue weighted by atomic mass is 35.5. The van der Waals surface area contributed by atoms with Crippen LogP contribution in [0.4, 0.5) is 0 Å². The molecule has 1 saturated heterocycles. The van der Waals surface area contributed by atoms with Crippen LogP contribution in [-0.2, 0) is 4.79 Å². The van der Waals surface area contributed by atoms with Gasteiger partial charge in [0, 0.05) is 17.1 Å². The van der Waals surface area contributed by atoms with Crippen molar-refractivity contribution in [2.75, 3.05) is 12.4 Å². The molecule has 1 aliphatic rings. The van der Waals surface area contributed by atoms with Crippen molar-refractivity contribution in [3.8, 4) is 10.7 Å². The van der Waals surface area contributed by atoms with Gasteiger partial charge in [-0.1, -0.05) is 35.9 Å². The molecule has 2 aromatic heterocycles. The number of thioether (sulfide) groups is 1. The van der Waals surface area contributed by atoms with E-state index in [4.69, 9.17) is 17.4 Å². The van der Waals surface area contributed by atoms with Crippen molar-refractivity contribution in [2.24, 2.45) is 0 Å². The highest BCUT2D eigenvalue weighted by Crippen LogP contribution is 2.31. The van der Waals surface area contributed by atoms with E-state index >= 15 is 0 Å². The number of carbonyl (C=O) groups is 2. The van der Waals surface area contributed by atoms with Crippen LogP contribution in [0.2, 0.25) is 5.02 Å². The average Bonchev–Trinajstić information content (AvgIpc) is 3.32. The van der Waals surface area contributed by atoms with E-state index in [1.807, 2.05) is 17.5 Å². The maximum absolute atomic E-state index is 13.1. The van der Waals surface area contributed by atoms with Crippen LogP contribution in [0.25, 0.3) is 10.7 Å². The van der Waals surface area contributed by atoms with Crippen LogP contribution in [-0.4, -0.2) is 43.4 Å². The fraction of sp³-hybridized carbons (Fsp3) is 0.263. The van der Waals surface area contributed by atoms with E-state index in [0.29, 0.717) is 34.5 Å². The molecule has 3 aromatic rings. The average molecular weight is 448 g/mol. The molecule has 4 rings (SSSR count). The Kier molecular flexibility index (Phi) is 5.89. The maximum atomic E-state index is 13.1. The van der Waals surface area contributed by atoms with E-state index in [1.165, 1.54) is 32.7 Å². The van der Waals surface area contributed by atoms with Crippen LogP contribution in [0.15, 0.2) is 46.9 Å². The van der Waals surface area contributed by atoms with Crippen molar-refractivity contribution in [1.29, 1.82) is 0 Å². The van der Waals surface area contributed by atoms with Crippen molar-refractivity contribution in [1.82, 2.24) is 19.8 Å². The van der Waals surface area contributed by atoms with Crippen molar-refractivity contribution < 1.29 is 9.59 Å². The first-order valence-electron chi connectivity index (χ1n) is 9.07. The van der Waals surface area contributed by atoms with Gasteiger partial charge in [0.25, 0.3) is 5.91 Å². The summed E-state index contributed by atoms with van der Waals surface area (Å²) in [6.07, 6.45) is 2.25. The van der Waals surface area contributed by atoms with Gasteiger partial charge in [-0.15, -0.1) is 21.5 Å². The maximum Gasteiger partial charge on any atom is 0.260 e. The molecule has 2 amide bonds. The Morgan fingerprint density at radius 1 is 1.21 bits per heavy atom. The minimum absolute atomic E-state index is 0.229. The second kappa shape index (κ2) is 8.56. The van der Waals surface area contributed by atoms with Crippen molar-refractivity contribution in [3.05, 3.63) is 52.4 Å². The van der Waals surface area contributed by atoms with Gasteiger partial charge in [-0.05, 0) is 48.6 Å². The summed E-state index contributed by atoms with van der Waals surface area (Å²) in [5, 5.41) is 10.8. The van der Waals surface area contributed by atoms with Crippen LogP contribution in [0.1, 0.15) is 29.6 Å². The van der Waals surface area contributed by atoms with E-state index < -0.39 is 5.25 Å². The number of thiophene rings is 1. The molecule has 1 atom stereocenters. The number of carbonyl (C=O) groups excluding carboxylic acids is 2. The molecule has 3 heterocycles. The molecular formula is C19H18ClN5O2S2. The number of likely N-dealkylation sites (tertiary alicyclic amines) is 1. The monoisotopic (exact) mass is 447 g/mol. The molecule has 0 spiro atoms. The van der Waals surface area contributed by atoms with Crippen LogP contribution in [0, 0.1) is 0 Å². The van der Waals surface area contributed by atoms with Gasteiger partial charge in [0.05, 0.1) is 10.1 Å². The smallest absolute Gasteiger partial charge is 0.260 e. The molecular weight excluding hydrogens is 430 g/mol. The fourth-order valence-electron chi connectivity index (χ4n) is 3.12. The van der Waals surface area contributed by atoms with Crippen molar-refractivity contribution >= 4 is 46.5 Å². The molecule has 29 heavy (non-hydrogen) atoms. The summed E-state index contributed by atoms with van der Waals surface area (Å²) in [6, 6.07) is 10.4. The quantitative estimate of drug-likeness (QED) is 0.484. The Balaban J connectivity index is 1.54. The molecule has 7 nitrogen and oxygen atoms in total. The van der Waals surface area contributed by atoms with Gasteiger partial charge < -0.3 is 5.84 Å². The van der Waals surface area contributed by atoms with Crippen molar-refractivity contribution in [2.45, 2.75) is 29.7 Å². The van der Waals surface area contributed by atoms with Gasteiger partial charge in [0.2, 0.25) is 11.1 Å². The first kappa shape index (κ1) is 19.9. The highest BCUT2D eigenvalue weighted by molar-refractivity contribution is 8.00. The number of nitrogens with two attached hydrogens (primary N) is 1. The first-order valence-corrected chi connectivity index (χ1v) is 11.2. The summed E-state index contributed by atoms with van der Waals surface area (Å²) in [7, 11) is 0. The number of nitrogen functional groups attached to an aromatic ring is 1. The molecule has 0 saturated carbocycles. The molecule has 1 unspecified atom stereocenters. The zero-order valence-electron chi connectivity index (χ0n) is 15.3. The number of hydrogen-bond donors (Lipinski definition) is 1. The summed E-state index contributed by atoms with van der Waals surface area (Å²) < 4.78 is 1.40. The lowest BCUT2D eigenvalue weighted by Crippen LogP contribution is -2.41. The summed E-state index contributed by atoms with van der Waals surface area (Å²) >= 11 is 8.67. The number of amides is 2. The van der Waals surface area contributed by atoms with Crippen LogP contribution in [0.5, 0.6) is 0 Å². The normalized spacial score (nSPS) is 17.3. The second-order valence-corrected chi connectivity index (χ2v) is 9.11. The number of benzene rings is 1. The summed E-state index contributed by atoms with van der Waals surface area (Å²) in [4.78, 5) is 28.3. The number of aromatic nitrogens is 3. The molecule has 0 radical (unpaired) electrons. The van der Waals surface area contributed by atoms with E-state index in [9.17, 15) is 9.59 Å². The predicted octanol–water partition coefficient (Wildman–Crippen LogP) is 3.69. The number of nitrogens with zero attached hydrogens (tertiary/aromatic N) is 4. The molecule has 1 aliphatic heterocycles. The third kappa shape index (κ3) is 4.17. The van der Waals surface area contributed by atoms with Gasteiger partial charge in [-0.2, -0.15) is 0 Å². The molecule has 0 bridgehead atoms. The van der Waals surface area contributed by atoms with Gasteiger partial charge in [0.1, 0.15) is 0 Å². The summed E-state index contributed by atoms with van der Waals surface area (Å²) in [5.74, 6) is 6.18. The van der Waals surface area contributed by atoms with Gasteiger partial charge in [-0.3, -0.25) is 14.5 Å². The Morgan fingerprint density at radius 2 is 2.00 bits per heavy atom. The van der Waals surface area contributed by atoms with Crippen LogP contribution >= 0.6 is 34.7 Å². The molecule has 10 heteroatoms. The molecule has 150 valence electrons. The topological polar surface area (TPSA) is 94.1 Å². The Bertz CT molecular complexity index is 1020. The molecule has 1 fully saturated rings. The zero-order valence-corrected chi connectivity index (χ0v) is 17.7. The zero-order chi connectivity index (χ0) is 20.4. The van der Waals surface area contributed by atoms with E-state index in [2.05, 4.69) is 10.2 Å². The minimum atomic E-state index is -0.448. The summed E-state index contributed by atoms with van der Waals surface area (Å²) in [5.41, 5.74) is 0.440. The Morgan fingerprint density at radius 3 is 2.72 bits per heavy atom. The molecule has 2 N–H and O–H groups in total. The fourth-order valence-corrected chi connectivity index (χ4v) is 5.01. The Hall–Kier alpha value is -2.36. The summed E-state index contributed by atoms with van der Waals surface area (Å²) in [6.45, 7) is 0.396. The lowest BCUT2D eigenvalue weighted by molar-refractivity contribution is -0.127. The van der Waals surface area contributed by atoms with Crippen LogP contribution in [0.3, 0.4) is 0 Å². The largest absolute Gasteiger partial charge is 0.335 e. The molecule has 1 aromatic carbocycles. The van der Waals surface area contributed by atoms with Crippen LogP contribution < -0.4 is 5.84 Å². The number of rotatable bonds is 4. The third-order valence-corrected chi connectivity index (χ3v) is 6.96.